The summed E-state index contributed by atoms with van der Waals surface area (Å²) in [6.45, 7) is 10.3. The molecule has 70 heavy (non-hydrogen) atoms. The van der Waals surface area contributed by atoms with Gasteiger partial charge in [-0.2, -0.15) is 0 Å². The van der Waals surface area contributed by atoms with Gasteiger partial charge in [-0.05, 0) is 76.9 Å². The van der Waals surface area contributed by atoms with Gasteiger partial charge in [0.05, 0.1) is 0 Å². The van der Waals surface area contributed by atoms with Crippen LogP contribution in [-0.2, 0) is 41.8 Å². The average molecular weight is 965 g/mol. The molecule has 0 radical (unpaired) electrons. The number of benzene rings is 2. The zero-order valence-electron chi connectivity index (χ0n) is 39.0. The molecule has 0 saturated heterocycles. The van der Waals surface area contributed by atoms with Crippen LogP contribution in [0.3, 0.4) is 0 Å². The molecule has 0 spiro atoms. The van der Waals surface area contributed by atoms with Gasteiger partial charge < -0.3 is 48.6 Å². The monoisotopic (exact) mass is 964 g/mol. The van der Waals surface area contributed by atoms with Crippen LogP contribution >= 0.6 is 0 Å². The van der Waals surface area contributed by atoms with Crippen molar-refractivity contribution in [1.29, 1.82) is 0 Å². The average Bonchev–Trinajstić information content (AvgIpc) is 3.31. The smallest absolute Gasteiger partial charge is 0.357 e. The van der Waals surface area contributed by atoms with Crippen molar-refractivity contribution in [3.05, 3.63) is 188 Å². The predicted octanol–water partition coefficient (Wildman–Crippen LogP) is 6.46. The fourth-order valence-electron chi connectivity index (χ4n) is 4.97. The maximum Gasteiger partial charge on any atom is 0.357 e. The number of esters is 4. The molecule has 6 aromatic rings. The third-order valence-electron chi connectivity index (χ3n) is 7.80. The molecule has 2 aromatic carbocycles. The Morgan fingerprint density at radius 1 is 0.471 bits per heavy atom. The minimum absolute atomic E-state index is 0.0701. The van der Waals surface area contributed by atoms with Gasteiger partial charge in [0.25, 0.3) is 0 Å². The largest absolute Gasteiger partial charge is 0.477 e. The molecule has 20 nitrogen and oxygen atoms in total. The van der Waals surface area contributed by atoms with Gasteiger partial charge in [-0.3, -0.25) is 9.59 Å². The van der Waals surface area contributed by atoms with Crippen LogP contribution in [0.15, 0.2) is 143 Å². The number of aromatic amines is 2. The Labute approximate surface area is 401 Å². The van der Waals surface area contributed by atoms with Crippen LogP contribution in [-0.4, -0.2) is 90.4 Å². The summed E-state index contributed by atoms with van der Waals surface area (Å²) in [5, 5.41) is 17.1. The highest BCUT2D eigenvalue weighted by Crippen LogP contribution is 2.13. The number of H-pyrrole nitrogens is 2. The molecule has 4 heterocycles. The quantitative estimate of drug-likeness (QED) is 0.0672. The number of nitrogens with one attached hydrogen (secondary N) is 2. The highest BCUT2D eigenvalue weighted by molar-refractivity contribution is 5.88. The van der Waals surface area contributed by atoms with Gasteiger partial charge in [-0.1, -0.05) is 84.9 Å². The number of pyridine rings is 4. The van der Waals surface area contributed by atoms with Crippen molar-refractivity contribution in [2.45, 2.75) is 66.0 Å². The van der Waals surface area contributed by atoms with E-state index in [-0.39, 0.29) is 66.5 Å². The highest BCUT2D eigenvalue weighted by Gasteiger charge is 2.19. The van der Waals surface area contributed by atoms with Crippen LogP contribution < -0.4 is 20.6 Å². The van der Waals surface area contributed by atoms with Crippen molar-refractivity contribution in [2.75, 3.05) is 13.2 Å². The fraction of sp³-hybridized carbons (Fsp3) is 0.240. The number of nitrogens with zero attached hydrogens (tertiary/aromatic N) is 2. The number of carboxylic acids is 2. The van der Waals surface area contributed by atoms with E-state index in [0.29, 0.717) is 0 Å². The first-order chi connectivity index (χ1) is 33.1. The van der Waals surface area contributed by atoms with E-state index in [1.807, 2.05) is 60.7 Å². The molecule has 0 aliphatic carbocycles. The second-order valence-electron chi connectivity index (χ2n) is 16.1. The molecule has 0 aliphatic heterocycles. The third kappa shape index (κ3) is 23.0. The Hall–Kier alpha value is -8.94. The van der Waals surface area contributed by atoms with E-state index in [9.17, 15) is 38.4 Å². The number of carboxylic acid groups (broad SMARTS) is 2. The van der Waals surface area contributed by atoms with Crippen LogP contribution in [0.5, 0.6) is 11.8 Å². The standard InChI is InChI=1S/C19H21NO5.C13H11NO3.C12H15NO5.C6H5NO3/c1-19(2,3)25-17(21)13-23-16-11-7-10-15(20-16)18(22)24-12-14-8-5-4-6-9-14;15-12-8-4-7-11(14-12)13(16)17-9-10-5-2-1-3-6-10;1-12(2,3)18-10(14)7-17-9-6-4-5-8(13-9)11(15)16;8-5-3-1-2-4(7-5)6(9)10/h4-11H,12-13H2,1-3H3;1-8H,9H2,(H,14,15);4-6H,7H2,1-3H3,(H,15,16);1-3H,(H,7,8)(H,9,10). The first kappa shape index (κ1) is 55.4. The number of rotatable bonds is 14. The first-order valence-electron chi connectivity index (χ1n) is 21.0. The van der Waals surface area contributed by atoms with Crippen LogP contribution in [0.4, 0.5) is 0 Å². The van der Waals surface area contributed by atoms with E-state index in [0.717, 1.165) is 11.1 Å². The Balaban J connectivity index is 0.000000257. The molecule has 0 unspecified atom stereocenters. The number of hydrogen-bond donors (Lipinski definition) is 4. The normalized spacial score (nSPS) is 10.4. The van der Waals surface area contributed by atoms with Crippen molar-refractivity contribution in [3.8, 4) is 11.8 Å². The van der Waals surface area contributed by atoms with Crippen molar-refractivity contribution in [2.24, 2.45) is 0 Å². The molecule has 0 fully saturated rings. The zero-order chi connectivity index (χ0) is 51.7. The molecule has 20 heteroatoms. The maximum atomic E-state index is 12.1. The summed E-state index contributed by atoms with van der Waals surface area (Å²) in [6.07, 6.45) is 0. The van der Waals surface area contributed by atoms with Gasteiger partial charge in [0.2, 0.25) is 22.9 Å². The van der Waals surface area contributed by atoms with Crippen LogP contribution in [0.1, 0.15) is 94.6 Å². The van der Waals surface area contributed by atoms with E-state index in [2.05, 4.69) is 19.9 Å². The van der Waals surface area contributed by atoms with Gasteiger partial charge in [0, 0.05) is 24.3 Å². The lowest BCUT2D eigenvalue weighted by molar-refractivity contribution is -0.158. The Bertz CT molecular complexity index is 2780. The third-order valence-corrected chi connectivity index (χ3v) is 7.80. The molecule has 0 atom stereocenters. The molecule has 6 rings (SSSR count). The van der Waals surface area contributed by atoms with Crippen LogP contribution in [0.25, 0.3) is 0 Å². The number of carbonyl (C=O) groups is 6. The molecule has 4 aromatic heterocycles. The van der Waals surface area contributed by atoms with E-state index in [4.69, 9.17) is 38.6 Å². The molecule has 4 N–H and O–H groups in total. The summed E-state index contributed by atoms with van der Waals surface area (Å²) in [5.74, 6) is -4.20. The van der Waals surface area contributed by atoms with E-state index in [1.165, 1.54) is 60.7 Å². The first-order valence-corrected chi connectivity index (χ1v) is 21.0. The number of ether oxygens (including phenoxy) is 6. The lowest BCUT2D eigenvalue weighted by atomic mass is 10.2. The minimum Gasteiger partial charge on any atom is -0.477 e. The lowest BCUT2D eigenvalue weighted by Crippen LogP contribution is -2.27. The molecule has 368 valence electrons. The van der Waals surface area contributed by atoms with Gasteiger partial charge >= 0.3 is 35.8 Å². The van der Waals surface area contributed by atoms with Crippen molar-refractivity contribution in [1.82, 2.24) is 19.9 Å². The SMILES string of the molecule is CC(C)(C)OC(=O)COc1cccc(C(=O)O)n1.CC(C)(C)OC(=O)COc1cccc(C(=O)OCc2ccccc2)n1.O=C(O)c1cccc(=O)[nH]1.O=C(OCc1ccccc1)c1cccc(=O)[nH]1. The van der Waals surface area contributed by atoms with Gasteiger partial charge in [0.1, 0.15) is 35.8 Å². The Morgan fingerprint density at radius 2 is 0.871 bits per heavy atom. The summed E-state index contributed by atoms with van der Waals surface area (Å²) in [5.41, 5.74) is -0.0742. The number of carbonyl (C=O) groups excluding carboxylic acids is 4. The maximum absolute atomic E-state index is 12.1. The topological polar surface area (TPSA) is 290 Å². The van der Waals surface area contributed by atoms with Gasteiger partial charge in [-0.25, -0.2) is 38.7 Å². The van der Waals surface area contributed by atoms with Crippen molar-refractivity contribution < 1.29 is 67.4 Å². The van der Waals surface area contributed by atoms with Crippen molar-refractivity contribution >= 4 is 35.8 Å². The zero-order valence-corrected chi connectivity index (χ0v) is 39.0. The lowest BCUT2D eigenvalue weighted by Gasteiger charge is -2.19. The molecular formula is C50H52N4O16. The second kappa shape index (κ2) is 27.6. The van der Waals surface area contributed by atoms with E-state index >= 15 is 0 Å². The second-order valence-corrected chi connectivity index (χ2v) is 16.1. The molecule has 0 amide bonds. The molecule has 0 bridgehead atoms. The fourth-order valence-corrected chi connectivity index (χ4v) is 4.97. The summed E-state index contributed by atoms with van der Waals surface area (Å²) < 4.78 is 30.8. The summed E-state index contributed by atoms with van der Waals surface area (Å²) >= 11 is 0. The molecule has 0 saturated carbocycles. The van der Waals surface area contributed by atoms with Crippen molar-refractivity contribution in [3.63, 3.8) is 0 Å². The number of aromatic carboxylic acids is 2. The predicted molar refractivity (Wildman–Crippen MR) is 250 cm³/mol. The number of aromatic nitrogens is 4. The van der Waals surface area contributed by atoms with E-state index < -0.39 is 52.6 Å². The van der Waals surface area contributed by atoms with Crippen LogP contribution in [0.2, 0.25) is 0 Å². The Kier molecular flexibility index (Phi) is 21.9. The summed E-state index contributed by atoms with van der Waals surface area (Å²) in [6, 6.07) is 36.0. The van der Waals surface area contributed by atoms with E-state index in [1.54, 1.807) is 53.7 Å². The van der Waals surface area contributed by atoms with Gasteiger partial charge in [-0.15, -0.1) is 0 Å². The summed E-state index contributed by atoms with van der Waals surface area (Å²) in [4.78, 5) is 101. The van der Waals surface area contributed by atoms with Crippen LogP contribution in [0, 0.1) is 0 Å². The Morgan fingerprint density at radius 3 is 1.29 bits per heavy atom. The molecule has 0 aliphatic rings. The molecular weight excluding hydrogens is 913 g/mol. The van der Waals surface area contributed by atoms with Gasteiger partial charge in [0.15, 0.2) is 24.6 Å². The highest BCUT2D eigenvalue weighted by atomic mass is 16.6. The number of hydrogen-bond acceptors (Lipinski definition) is 16. The minimum atomic E-state index is -1.15. The summed E-state index contributed by atoms with van der Waals surface area (Å²) in [7, 11) is 0.